The van der Waals surface area contributed by atoms with Gasteiger partial charge in [0.05, 0.1) is 5.56 Å². The van der Waals surface area contributed by atoms with Crippen LogP contribution in [-0.4, -0.2) is 10.8 Å². The maximum absolute atomic E-state index is 12.9. The van der Waals surface area contributed by atoms with Crippen molar-refractivity contribution >= 4 is 5.78 Å². The van der Waals surface area contributed by atoms with Crippen molar-refractivity contribution in [2.24, 2.45) is 11.8 Å². The number of aromatic nitrogens is 1. The summed E-state index contributed by atoms with van der Waals surface area (Å²) in [4.78, 5) is 15.9. The lowest BCUT2D eigenvalue weighted by atomic mass is 9.93. The van der Waals surface area contributed by atoms with E-state index >= 15 is 0 Å². The van der Waals surface area contributed by atoms with Gasteiger partial charge >= 0.3 is 6.18 Å². The van der Waals surface area contributed by atoms with E-state index < -0.39 is 17.5 Å². The molecule has 2 nitrogen and oxygen atoms in total. The molecule has 0 N–H and O–H groups in total. The van der Waals surface area contributed by atoms with E-state index in [9.17, 15) is 18.0 Å². The fourth-order valence-corrected chi connectivity index (χ4v) is 2.74. The van der Waals surface area contributed by atoms with Crippen molar-refractivity contribution in [3.05, 3.63) is 29.6 Å². The first-order valence-corrected chi connectivity index (χ1v) is 6.49. The Kier molecular flexibility index (Phi) is 3.92. The number of carbonyl (C=O) groups is 1. The van der Waals surface area contributed by atoms with Gasteiger partial charge in [0.15, 0.2) is 5.78 Å². The molecule has 0 radical (unpaired) electrons. The second-order valence-corrected chi connectivity index (χ2v) is 5.07. The van der Waals surface area contributed by atoms with E-state index in [0.29, 0.717) is 18.8 Å². The lowest BCUT2D eigenvalue weighted by Crippen LogP contribution is -2.18. The third-order valence-electron chi connectivity index (χ3n) is 3.88. The van der Waals surface area contributed by atoms with Crippen LogP contribution in [0.25, 0.3) is 0 Å². The van der Waals surface area contributed by atoms with Gasteiger partial charge in [0.2, 0.25) is 0 Å². The molecule has 0 aromatic carbocycles. The van der Waals surface area contributed by atoms with E-state index in [2.05, 4.69) is 4.98 Å². The summed E-state index contributed by atoms with van der Waals surface area (Å²) in [6, 6.07) is 0.874. The zero-order valence-electron chi connectivity index (χ0n) is 10.7. The van der Waals surface area contributed by atoms with Crippen molar-refractivity contribution < 1.29 is 18.0 Å². The summed E-state index contributed by atoms with van der Waals surface area (Å²) in [7, 11) is 0. The predicted molar refractivity (Wildman–Crippen MR) is 64.7 cm³/mol. The lowest BCUT2D eigenvalue weighted by molar-refractivity contribution is -0.138. The molecule has 2 rings (SSSR count). The van der Waals surface area contributed by atoms with Gasteiger partial charge in [0.1, 0.15) is 0 Å². The van der Waals surface area contributed by atoms with Crippen LogP contribution in [0.15, 0.2) is 18.5 Å². The molecule has 1 fully saturated rings. The minimum Gasteiger partial charge on any atom is -0.294 e. The topological polar surface area (TPSA) is 30.0 Å². The third kappa shape index (κ3) is 2.96. The van der Waals surface area contributed by atoms with Crippen LogP contribution in [0, 0.1) is 11.8 Å². The van der Waals surface area contributed by atoms with Crippen LogP contribution >= 0.6 is 0 Å². The van der Waals surface area contributed by atoms with Crippen molar-refractivity contribution in [1.29, 1.82) is 0 Å². The predicted octanol–water partition coefficient (Wildman–Crippen LogP) is 4.11. The summed E-state index contributed by atoms with van der Waals surface area (Å²) in [5.41, 5.74) is -1.15. The highest BCUT2D eigenvalue weighted by atomic mass is 19.4. The Balaban J connectivity index is 2.25. The molecule has 5 heteroatoms. The summed E-state index contributed by atoms with van der Waals surface area (Å²) in [5, 5.41) is 0. The van der Waals surface area contributed by atoms with Crippen LogP contribution in [0.5, 0.6) is 0 Å². The number of Topliss-reactive ketones (excluding diaryl/α,β-unsaturated/α-hetero) is 1. The number of ketones is 1. The van der Waals surface area contributed by atoms with Crippen LogP contribution in [0.2, 0.25) is 0 Å². The van der Waals surface area contributed by atoms with Crippen LogP contribution in [0.3, 0.4) is 0 Å². The Morgan fingerprint density at radius 1 is 1.42 bits per heavy atom. The van der Waals surface area contributed by atoms with Crippen LogP contribution in [-0.2, 0) is 6.18 Å². The van der Waals surface area contributed by atoms with Gasteiger partial charge in [0, 0.05) is 23.9 Å². The first-order chi connectivity index (χ1) is 8.93. The molecule has 1 aliphatic rings. The standard InChI is InChI=1S/C14H16F3NO/c1-2-9-3-4-10(7-9)13(19)11-8-18-6-5-12(11)14(15,16)17/h5-6,8-10H,2-4,7H2,1H3. The zero-order chi connectivity index (χ0) is 14.0. The van der Waals surface area contributed by atoms with E-state index in [1.807, 2.05) is 6.92 Å². The second-order valence-electron chi connectivity index (χ2n) is 5.07. The van der Waals surface area contributed by atoms with Gasteiger partial charge in [-0.3, -0.25) is 9.78 Å². The van der Waals surface area contributed by atoms with Gasteiger partial charge in [-0.15, -0.1) is 0 Å². The van der Waals surface area contributed by atoms with Gasteiger partial charge < -0.3 is 0 Å². The van der Waals surface area contributed by atoms with Crippen molar-refractivity contribution in [1.82, 2.24) is 4.98 Å². The Labute approximate surface area is 110 Å². The molecular formula is C14H16F3NO. The SMILES string of the molecule is CCC1CCC(C(=O)c2cnccc2C(F)(F)F)C1. The van der Waals surface area contributed by atoms with Crippen LogP contribution in [0.4, 0.5) is 13.2 Å². The summed E-state index contributed by atoms with van der Waals surface area (Å²) < 4.78 is 38.6. The average Bonchev–Trinajstić information content (AvgIpc) is 2.85. The molecule has 1 saturated carbocycles. The molecule has 1 aromatic rings. The summed E-state index contributed by atoms with van der Waals surface area (Å²) >= 11 is 0. The quantitative estimate of drug-likeness (QED) is 0.774. The number of rotatable bonds is 3. The minimum absolute atomic E-state index is 0.281. The first kappa shape index (κ1) is 14.0. The molecule has 0 bridgehead atoms. The number of hydrogen-bond acceptors (Lipinski definition) is 2. The molecule has 1 heterocycles. The second kappa shape index (κ2) is 5.31. The van der Waals surface area contributed by atoms with E-state index in [4.69, 9.17) is 0 Å². The number of nitrogens with zero attached hydrogens (tertiary/aromatic N) is 1. The highest BCUT2D eigenvalue weighted by Crippen LogP contribution is 2.38. The highest BCUT2D eigenvalue weighted by molar-refractivity contribution is 5.99. The van der Waals surface area contributed by atoms with E-state index in [1.165, 1.54) is 0 Å². The molecule has 104 valence electrons. The van der Waals surface area contributed by atoms with Gasteiger partial charge in [-0.05, 0) is 31.2 Å². The van der Waals surface area contributed by atoms with Crippen molar-refractivity contribution in [2.45, 2.75) is 38.8 Å². The monoisotopic (exact) mass is 271 g/mol. The smallest absolute Gasteiger partial charge is 0.294 e. The van der Waals surface area contributed by atoms with Gasteiger partial charge in [-0.2, -0.15) is 13.2 Å². The number of pyridine rings is 1. The number of alkyl halides is 3. The molecule has 0 spiro atoms. The molecule has 0 amide bonds. The van der Waals surface area contributed by atoms with Gasteiger partial charge in [0.25, 0.3) is 0 Å². The minimum atomic E-state index is -4.50. The van der Waals surface area contributed by atoms with Crippen LogP contribution in [0.1, 0.15) is 48.5 Å². The maximum atomic E-state index is 12.9. The Morgan fingerprint density at radius 2 is 2.16 bits per heavy atom. The number of carbonyl (C=O) groups excluding carboxylic acids is 1. The third-order valence-corrected chi connectivity index (χ3v) is 3.88. The summed E-state index contributed by atoms with van der Waals surface area (Å²) in [6.45, 7) is 2.04. The normalized spacial score (nSPS) is 23.6. The van der Waals surface area contributed by atoms with E-state index in [-0.39, 0.29) is 11.5 Å². The molecule has 0 saturated heterocycles. The Hall–Kier alpha value is -1.39. The zero-order valence-corrected chi connectivity index (χ0v) is 10.7. The van der Waals surface area contributed by atoms with E-state index in [0.717, 1.165) is 31.3 Å². The summed E-state index contributed by atoms with van der Waals surface area (Å²) in [6.07, 6.45) is 0.896. The Bertz CT molecular complexity index is 470. The fraction of sp³-hybridized carbons (Fsp3) is 0.571. The number of hydrogen-bond donors (Lipinski definition) is 0. The van der Waals surface area contributed by atoms with Gasteiger partial charge in [-0.1, -0.05) is 13.3 Å². The number of halogens is 3. The highest BCUT2D eigenvalue weighted by Gasteiger charge is 2.38. The van der Waals surface area contributed by atoms with Crippen molar-refractivity contribution in [3.63, 3.8) is 0 Å². The molecule has 19 heavy (non-hydrogen) atoms. The van der Waals surface area contributed by atoms with Crippen LogP contribution < -0.4 is 0 Å². The maximum Gasteiger partial charge on any atom is 0.417 e. The largest absolute Gasteiger partial charge is 0.417 e. The van der Waals surface area contributed by atoms with Crippen molar-refractivity contribution in [3.8, 4) is 0 Å². The average molecular weight is 271 g/mol. The molecule has 1 aromatic heterocycles. The molecular weight excluding hydrogens is 255 g/mol. The Morgan fingerprint density at radius 3 is 2.74 bits per heavy atom. The van der Waals surface area contributed by atoms with Gasteiger partial charge in [-0.25, -0.2) is 0 Å². The summed E-state index contributed by atoms with van der Waals surface area (Å²) in [5.74, 6) is -0.230. The van der Waals surface area contributed by atoms with Crippen molar-refractivity contribution in [2.75, 3.05) is 0 Å². The molecule has 2 unspecified atom stereocenters. The first-order valence-electron chi connectivity index (χ1n) is 6.49. The molecule has 1 aliphatic carbocycles. The fourth-order valence-electron chi connectivity index (χ4n) is 2.74. The van der Waals surface area contributed by atoms with E-state index in [1.54, 1.807) is 0 Å². The lowest BCUT2D eigenvalue weighted by Gasteiger charge is -2.14. The molecule has 2 atom stereocenters. The molecule has 0 aliphatic heterocycles.